The average Bonchev–Trinajstić information content (AvgIpc) is 3.20. The molecule has 0 N–H and O–H groups in total. The Morgan fingerprint density at radius 1 is 0.611 bits per heavy atom. The number of esters is 4. The maximum absolute atomic E-state index is 13.0. The topological polar surface area (TPSA) is 152 Å². The van der Waals surface area contributed by atoms with E-state index in [0.29, 0.717) is 57.0 Å². The Labute approximate surface area is 312 Å². The van der Waals surface area contributed by atoms with Crippen molar-refractivity contribution in [3.8, 4) is 40.2 Å². The maximum Gasteiger partial charge on any atom is 0.343 e. The third-order valence-corrected chi connectivity index (χ3v) is 7.57. The summed E-state index contributed by atoms with van der Waals surface area (Å²) in [5, 5.41) is 9.86. The molecule has 0 saturated heterocycles. The lowest BCUT2D eigenvalue weighted by Gasteiger charge is -2.12. The van der Waals surface area contributed by atoms with Crippen molar-refractivity contribution < 1.29 is 47.6 Å². The second-order valence-electron chi connectivity index (χ2n) is 11.3. The van der Waals surface area contributed by atoms with Crippen molar-refractivity contribution >= 4 is 29.6 Å². The standard InChI is InChI=1S/C42H36N2O10/c1-4-38(45)51-26-8-6-24-49-33-18-14-30(15-19-33)29-10-12-31(13-11-29)42(48)54-37-23-22-36(35(28-43)40(37)44-3)53-41(47)32-16-20-34(21-17-32)50-25-7-9-27-52-39(46)5-2/h4-5,10-23H,1-2,6-9,24-27H2. The molecule has 0 heterocycles. The Hall–Kier alpha value is -7.18. The first-order valence-electron chi connectivity index (χ1n) is 16.8. The average molecular weight is 729 g/mol. The van der Waals surface area contributed by atoms with E-state index in [0.717, 1.165) is 23.3 Å². The fourth-order valence-electron chi connectivity index (χ4n) is 4.74. The molecule has 0 amide bonds. The number of carbonyl (C=O) groups is 4. The van der Waals surface area contributed by atoms with Crippen LogP contribution in [0, 0.1) is 17.9 Å². The summed E-state index contributed by atoms with van der Waals surface area (Å²) < 4.78 is 32.2. The van der Waals surface area contributed by atoms with Gasteiger partial charge in [0.25, 0.3) is 0 Å². The van der Waals surface area contributed by atoms with E-state index in [2.05, 4.69) is 18.0 Å². The number of carbonyl (C=O) groups excluding carboxylic acids is 4. The number of hydrogen-bond acceptors (Lipinski definition) is 11. The number of benzene rings is 4. The zero-order chi connectivity index (χ0) is 38.7. The van der Waals surface area contributed by atoms with Crippen LogP contribution in [0.2, 0.25) is 0 Å². The largest absolute Gasteiger partial charge is 0.494 e. The van der Waals surface area contributed by atoms with Gasteiger partial charge < -0.3 is 28.4 Å². The van der Waals surface area contributed by atoms with Crippen molar-refractivity contribution in [1.29, 1.82) is 5.26 Å². The van der Waals surface area contributed by atoms with E-state index in [9.17, 15) is 24.4 Å². The number of hydrogen-bond donors (Lipinski definition) is 0. The van der Waals surface area contributed by atoms with Crippen LogP contribution in [0.3, 0.4) is 0 Å². The van der Waals surface area contributed by atoms with E-state index in [1.54, 1.807) is 36.4 Å². The van der Waals surface area contributed by atoms with Crippen LogP contribution in [0.1, 0.15) is 52.0 Å². The van der Waals surface area contributed by atoms with Gasteiger partial charge in [-0.25, -0.2) is 24.0 Å². The summed E-state index contributed by atoms with van der Waals surface area (Å²) in [7, 11) is 0. The summed E-state index contributed by atoms with van der Waals surface area (Å²) in [6.07, 6.45) is 4.86. The Morgan fingerprint density at radius 2 is 1.02 bits per heavy atom. The first-order valence-corrected chi connectivity index (χ1v) is 16.8. The second-order valence-corrected chi connectivity index (χ2v) is 11.3. The Kier molecular flexibility index (Phi) is 15.1. The Bertz CT molecular complexity index is 2040. The minimum absolute atomic E-state index is 0.163. The van der Waals surface area contributed by atoms with Gasteiger partial charge in [0.05, 0.1) is 50.2 Å². The highest BCUT2D eigenvalue weighted by Gasteiger charge is 2.21. The highest BCUT2D eigenvalue weighted by molar-refractivity contribution is 5.94. The zero-order valence-corrected chi connectivity index (χ0v) is 29.3. The summed E-state index contributed by atoms with van der Waals surface area (Å²) in [5.74, 6) is -1.58. The number of nitrogens with zero attached hydrogens (tertiary/aromatic N) is 2. The van der Waals surface area contributed by atoms with Gasteiger partial charge in [0, 0.05) is 12.2 Å². The van der Waals surface area contributed by atoms with Gasteiger partial charge in [-0.3, -0.25) is 0 Å². The lowest BCUT2D eigenvalue weighted by Crippen LogP contribution is -2.11. The molecule has 0 unspecified atom stereocenters. The molecule has 0 fully saturated rings. The Balaban J connectivity index is 1.30. The quantitative estimate of drug-likeness (QED) is 0.0304. The molecule has 0 bridgehead atoms. The maximum atomic E-state index is 13.0. The van der Waals surface area contributed by atoms with Crippen LogP contribution in [-0.4, -0.2) is 50.3 Å². The minimum Gasteiger partial charge on any atom is -0.494 e. The molecule has 0 spiro atoms. The molecule has 54 heavy (non-hydrogen) atoms. The number of nitriles is 1. The molecular formula is C42H36N2O10. The number of unbranched alkanes of at least 4 members (excludes halogenated alkanes) is 2. The van der Waals surface area contributed by atoms with Gasteiger partial charge in [0.2, 0.25) is 5.69 Å². The van der Waals surface area contributed by atoms with E-state index in [1.807, 2.05) is 30.3 Å². The van der Waals surface area contributed by atoms with Crippen LogP contribution in [0.4, 0.5) is 5.69 Å². The Morgan fingerprint density at radius 3 is 1.48 bits per heavy atom. The summed E-state index contributed by atoms with van der Waals surface area (Å²) in [6, 6.07) is 24.7. The summed E-state index contributed by atoms with van der Waals surface area (Å²) in [4.78, 5) is 51.5. The highest BCUT2D eigenvalue weighted by atomic mass is 16.5. The van der Waals surface area contributed by atoms with Gasteiger partial charge in [-0.2, -0.15) is 5.26 Å². The third kappa shape index (κ3) is 11.7. The number of ether oxygens (including phenoxy) is 6. The fourth-order valence-corrected chi connectivity index (χ4v) is 4.74. The van der Waals surface area contributed by atoms with Crippen LogP contribution in [0.5, 0.6) is 23.0 Å². The molecule has 0 aliphatic carbocycles. The van der Waals surface area contributed by atoms with E-state index in [1.165, 1.54) is 24.3 Å². The van der Waals surface area contributed by atoms with Gasteiger partial charge in [-0.05, 0) is 97.5 Å². The van der Waals surface area contributed by atoms with E-state index >= 15 is 0 Å². The van der Waals surface area contributed by atoms with Crippen molar-refractivity contribution in [1.82, 2.24) is 0 Å². The van der Waals surface area contributed by atoms with Crippen LogP contribution in [0.25, 0.3) is 16.0 Å². The van der Waals surface area contributed by atoms with Crippen molar-refractivity contribution in [3.63, 3.8) is 0 Å². The normalized spacial score (nSPS) is 10.1. The van der Waals surface area contributed by atoms with Crippen molar-refractivity contribution in [2.45, 2.75) is 25.7 Å². The predicted molar refractivity (Wildman–Crippen MR) is 197 cm³/mol. The molecule has 0 radical (unpaired) electrons. The van der Waals surface area contributed by atoms with Gasteiger partial charge in [0.15, 0.2) is 0 Å². The van der Waals surface area contributed by atoms with E-state index < -0.39 is 23.9 Å². The first-order chi connectivity index (χ1) is 26.3. The minimum atomic E-state index is -0.772. The molecule has 4 aromatic rings. The first kappa shape index (κ1) is 39.6. The predicted octanol–water partition coefficient (Wildman–Crippen LogP) is 7.99. The van der Waals surface area contributed by atoms with E-state index in [4.69, 9.17) is 35.0 Å². The smallest absolute Gasteiger partial charge is 0.343 e. The molecule has 0 atom stereocenters. The van der Waals surface area contributed by atoms with Crippen molar-refractivity contribution in [2.75, 3.05) is 26.4 Å². The van der Waals surface area contributed by atoms with E-state index in [-0.39, 0.29) is 40.5 Å². The van der Waals surface area contributed by atoms with Crippen LogP contribution < -0.4 is 18.9 Å². The molecule has 0 saturated carbocycles. The van der Waals surface area contributed by atoms with Gasteiger partial charge in [0.1, 0.15) is 28.6 Å². The number of rotatable bonds is 19. The molecule has 0 aliphatic heterocycles. The van der Waals surface area contributed by atoms with Gasteiger partial charge in [-0.15, -0.1) is 0 Å². The third-order valence-electron chi connectivity index (χ3n) is 7.57. The lowest BCUT2D eigenvalue weighted by molar-refractivity contribution is -0.138. The zero-order valence-electron chi connectivity index (χ0n) is 29.3. The highest BCUT2D eigenvalue weighted by Crippen LogP contribution is 2.38. The van der Waals surface area contributed by atoms with Crippen LogP contribution in [-0.2, 0) is 19.1 Å². The molecule has 4 rings (SSSR count). The van der Waals surface area contributed by atoms with Crippen LogP contribution in [0.15, 0.2) is 110 Å². The molecule has 0 aromatic heterocycles. The summed E-state index contributed by atoms with van der Waals surface area (Å²) in [5.41, 5.74) is 1.56. The molecule has 274 valence electrons. The lowest BCUT2D eigenvalue weighted by atomic mass is 10.0. The second kappa shape index (κ2) is 20.6. The SMILES string of the molecule is [C-]#[N+]c1c(OC(=O)c2ccc(-c3ccc(OCCCCOC(=O)C=C)cc3)cc2)ccc(OC(=O)c2ccc(OCCCCOC(=O)C=C)cc2)c1C#N. The van der Waals surface area contributed by atoms with Crippen LogP contribution >= 0.6 is 0 Å². The fraction of sp³-hybridized carbons (Fsp3) is 0.190. The van der Waals surface area contributed by atoms with Crippen molar-refractivity contribution in [2.24, 2.45) is 0 Å². The monoisotopic (exact) mass is 728 g/mol. The summed E-state index contributed by atoms with van der Waals surface area (Å²) >= 11 is 0. The van der Waals surface area contributed by atoms with Gasteiger partial charge in [-0.1, -0.05) is 37.4 Å². The van der Waals surface area contributed by atoms with Gasteiger partial charge >= 0.3 is 23.9 Å². The van der Waals surface area contributed by atoms with Crippen molar-refractivity contribution in [3.05, 3.63) is 138 Å². The molecule has 12 heteroatoms. The molecule has 12 nitrogen and oxygen atoms in total. The molecular weight excluding hydrogens is 692 g/mol. The molecule has 0 aliphatic rings. The molecule has 4 aromatic carbocycles. The summed E-state index contributed by atoms with van der Waals surface area (Å²) in [6.45, 7) is 15.8.